The molecule has 114 valence electrons. The largest absolute Gasteiger partial charge is 0.301 e. The Bertz CT molecular complexity index is 495. The molecule has 0 heterocycles. The van der Waals surface area contributed by atoms with Crippen LogP contribution in [0.3, 0.4) is 0 Å². The molecule has 0 amide bonds. The Kier molecular flexibility index (Phi) is 6.65. The highest BCUT2D eigenvalue weighted by Gasteiger charge is 2.17. The number of nitrogens with one attached hydrogen (secondary N) is 1. The fourth-order valence-corrected chi connectivity index (χ4v) is 3.21. The molecular formula is C15H26N2O2S. The Morgan fingerprint density at radius 1 is 1.15 bits per heavy atom. The molecule has 1 rings (SSSR count). The summed E-state index contributed by atoms with van der Waals surface area (Å²) in [5.74, 6) is 0.182. The summed E-state index contributed by atoms with van der Waals surface area (Å²) in [5.41, 5.74) is 2.42. The first kappa shape index (κ1) is 17.1. The van der Waals surface area contributed by atoms with E-state index in [1.54, 1.807) is 0 Å². The highest BCUT2D eigenvalue weighted by atomic mass is 32.2. The van der Waals surface area contributed by atoms with Crippen molar-refractivity contribution < 1.29 is 8.42 Å². The minimum absolute atomic E-state index is 0.0486. The van der Waals surface area contributed by atoms with Crippen LogP contribution in [0.25, 0.3) is 0 Å². The van der Waals surface area contributed by atoms with Crippen molar-refractivity contribution in [1.82, 2.24) is 9.62 Å². The second-order valence-electron chi connectivity index (χ2n) is 5.24. The maximum absolute atomic E-state index is 11.8. The molecule has 0 saturated heterocycles. The van der Waals surface area contributed by atoms with Gasteiger partial charge in [-0.1, -0.05) is 38.1 Å². The molecule has 1 atom stereocenters. The standard InChI is InChI=1S/C15H26N2O2S/c1-5-11-20(18,19)16-12-15(17(3)4)14-9-7-13(6-2)8-10-14/h7-10,15-16H,5-6,11-12H2,1-4H3. The van der Waals surface area contributed by atoms with Gasteiger partial charge in [0.15, 0.2) is 0 Å². The Morgan fingerprint density at radius 2 is 1.75 bits per heavy atom. The Morgan fingerprint density at radius 3 is 2.20 bits per heavy atom. The summed E-state index contributed by atoms with van der Waals surface area (Å²) < 4.78 is 26.2. The molecule has 0 spiro atoms. The van der Waals surface area contributed by atoms with E-state index < -0.39 is 10.0 Å². The molecule has 0 bridgehead atoms. The van der Waals surface area contributed by atoms with E-state index in [4.69, 9.17) is 0 Å². The first-order chi connectivity index (χ1) is 9.39. The molecule has 0 aliphatic heterocycles. The lowest BCUT2D eigenvalue weighted by Gasteiger charge is -2.25. The Hall–Kier alpha value is -0.910. The van der Waals surface area contributed by atoms with Crippen molar-refractivity contribution in [3.63, 3.8) is 0 Å². The van der Waals surface area contributed by atoms with Crippen LogP contribution in [0.15, 0.2) is 24.3 Å². The van der Waals surface area contributed by atoms with Crippen LogP contribution in [0.5, 0.6) is 0 Å². The first-order valence-electron chi connectivity index (χ1n) is 7.12. The van der Waals surface area contributed by atoms with Gasteiger partial charge in [-0.05, 0) is 38.1 Å². The Balaban J connectivity index is 2.78. The van der Waals surface area contributed by atoms with Crippen LogP contribution in [0.2, 0.25) is 0 Å². The van der Waals surface area contributed by atoms with Crippen molar-refractivity contribution >= 4 is 10.0 Å². The molecular weight excluding hydrogens is 272 g/mol. The summed E-state index contributed by atoms with van der Waals surface area (Å²) >= 11 is 0. The van der Waals surface area contributed by atoms with Crippen LogP contribution in [0.1, 0.15) is 37.4 Å². The SMILES string of the molecule is CCCS(=O)(=O)NCC(c1ccc(CC)cc1)N(C)C. The van der Waals surface area contributed by atoms with E-state index in [0.29, 0.717) is 13.0 Å². The van der Waals surface area contributed by atoms with Crippen LogP contribution in [-0.2, 0) is 16.4 Å². The molecule has 0 radical (unpaired) electrons. The van der Waals surface area contributed by atoms with Crippen molar-refractivity contribution in [3.8, 4) is 0 Å². The monoisotopic (exact) mass is 298 g/mol. The third kappa shape index (κ3) is 5.23. The van der Waals surface area contributed by atoms with Crippen molar-refractivity contribution in [2.75, 3.05) is 26.4 Å². The molecule has 0 aliphatic carbocycles. The van der Waals surface area contributed by atoms with Gasteiger partial charge in [-0.25, -0.2) is 13.1 Å². The van der Waals surface area contributed by atoms with Crippen LogP contribution in [-0.4, -0.2) is 39.7 Å². The number of benzene rings is 1. The lowest BCUT2D eigenvalue weighted by Crippen LogP contribution is -2.35. The second-order valence-corrected chi connectivity index (χ2v) is 7.17. The van der Waals surface area contributed by atoms with Gasteiger partial charge in [0.1, 0.15) is 0 Å². The van der Waals surface area contributed by atoms with E-state index in [0.717, 1.165) is 12.0 Å². The van der Waals surface area contributed by atoms with Crippen molar-refractivity contribution in [3.05, 3.63) is 35.4 Å². The molecule has 1 N–H and O–H groups in total. The average molecular weight is 298 g/mol. The van der Waals surface area contributed by atoms with Gasteiger partial charge in [0.05, 0.1) is 5.75 Å². The lowest BCUT2D eigenvalue weighted by molar-refractivity contribution is 0.299. The van der Waals surface area contributed by atoms with Gasteiger partial charge in [0, 0.05) is 12.6 Å². The van der Waals surface area contributed by atoms with E-state index in [1.807, 2.05) is 25.9 Å². The van der Waals surface area contributed by atoms with Gasteiger partial charge in [0.2, 0.25) is 10.0 Å². The van der Waals surface area contributed by atoms with E-state index in [1.165, 1.54) is 5.56 Å². The van der Waals surface area contributed by atoms with Crippen LogP contribution >= 0.6 is 0 Å². The summed E-state index contributed by atoms with van der Waals surface area (Å²) in [5, 5.41) is 0. The van der Waals surface area contributed by atoms with Gasteiger partial charge >= 0.3 is 0 Å². The number of sulfonamides is 1. The maximum atomic E-state index is 11.8. The van der Waals surface area contributed by atoms with E-state index >= 15 is 0 Å². The van der Waals surface area contributed by atoms with Crippen molar-refractivity contribution in [1.29, 1.82) is 0 Å². The molecule has 0 saturated carbocycles. The summed E-state index contributed by atoms with van der Waals surface area (Å²) in [7, 11) is 0.772. The quantitative estimate of drug-likeness (QED) is 0.800. The number of likely N-dealkylation sites (N-methyl/N-ethyl adjacent to an activating group) is 1. The number of hydrogen-bond acceptors (Lipinski definition) is 3. The smallest absolute Gasteiger partial charge is 0.211 e. The van der Waals surface area contributed by atoms with Crippen LogP contribution < -0.4 is 4.72 Å². The summed E-state index contributed by atoms with van der Waals surface area (Å²) in [6, 6.07) is 8.42. The minimum atomic E-state index is -3.16. The summed E-state index contributed by atoms with van der Waals surface area (Å²) in [6.45, 7) is 4.39. The third-order valence-corrected chi connectivity index (χ3v) is 4.92. The van der Waals surface area contributed by atoms with Gasteiger partial charge in [-0.2, -0.15) is 0 Å². The fraction of sp³-hybridized carbons (Fsp3) is 0.600. The first-order valence-corrected chi connectivity index (χ1v) is 8.77. The highest BCUT2D eigenvalue weighted by molar-refractivity contribution is 7.89. The molecule has 1 unspecified atom stereocenters. The zero-order valence-corrected chi connectivity index (χ0v) is 13.7. The van der Waals surface area contributed by atoms with E-state index in [9.17, 15) is 8.42 Å². The molecule has 0 aromatic heterocycles. The molecule has 1 aromatic carbocycles. The van der Waals surface area contributed by atoms with Gasteiger partial charge in [-0.3, -0.25) is 0 Å². The lowest BCUT2D eigenvalue weighted by atomic mass is 10.0. The zero-order chi connectivity index (χ0) is 15.2. The molecule has 20 heavy (non-hydrogen) atoms. The normalized spacial score (nSPS) is 13.7. The predicted octanol–water partition coefficient (Wildman–Crippen LogP) is 2.18. The van der Waals surface area contributed by atoms with Crippen molar-refractivity contribution in [2.24, 2.45) is 0 Å². The van der Waals surface area contributed by atoms with E-state index in [2.05, 4.69) is 35.9 Å². The number of aryl methyl sites for hydroxylation is 1. The van der Waals surface area contributed by atoms with Crippen LogP contribution in [0.4, 0.5) is 0 Å². The topological polar surface area (TPSA) is 49.4 Å². The number of rotatable bonds is 8. The average Bonchev–Trinajstić information content (AvgIpc) is 2.39. The predicted molar refractivity (Wildman–Crippen MR) is 84.3 cm³/mol. The highest BCUT2D eigenvalue weighted by Crippen LogP contribution is 2.18. The third-order valence-electron chi connectivity index (χ3n) is 3.37. The Labute approximate surface area is 123 Å². The van der Waals surface area contributed by atoms with Gasteiger partial charge in [-0.15, -0.1) is 0 Å². The second kappa shape index (κ2) is 7.76. The summed E-state index contributed by atoms with van der Waals surface area (Å²) in [4.78, 5) is 2.04. The molecule has 0 fully saturated rings. The molecule has 0 aliphatic rings. The molecule has 1 aromatic rings. The number of hydrogen-bond donors (Lipinski definition) is 1. The van der Waals surface area contributed by atoms with Crippen molar-refractivity contribution in [2.45, 2.75) is 32.7 Å². The molecule has 5 heteroatoms. The van der Waals surface area contributed by atoms with E-state index in [-0.39, 0.29) is 11.8 Å². The zero-order valence-electron chi connectivity index (χ0n) is 12.9. The fourth-order valence-electron chi connectivity index (χ4n) is 2.12. The maximum Gasteiger partial charge on any atom is 0.211 e. The van der Waals surface area contributed by atoms with Crippen LogP contribution in [0, 0.1) is 0 Å². The van der Waals surface area contributed by atoms with Gasteiger partial charge < -0.3 is 4.90 Å². The minimum Gasteiger partial charge on any atom is -0.301 e. The number of nitrogens with zero attached hydrogens (tertiary/aromatic N) is 1. The summed E-state index contributed by atoms with van der Waals surface area (Å²) in [6.07, 6.45) is 1.64. The van der Waals surface area contributed by atoms with Gasteiger partial charge in [0.25, 0.3) is 0 Å². The molecule has 4 nitrogen and oxygen atoms in total.